The highest BCUT2D eigenvalue weighted by molar-refractivity contribution is 7.99. The van der Waals surface area contributed by atoms with Crippen molar-refractivity contribution in [3.63, 3.8) is 0 Å². The summed E-state index contributed by atoms with van der Waals surface area (Å²) in [6.45, 7) is 0. The van der Waals surface area contributed by atoms with E-state index in [0.29, 0.717) is 0 Å². The van der Waals surface area contributed by atoms with Gasteiger partial charge in [0.1, 0.15) is 10.7 Å². The molecule has 2 rings (SSSR count). The van der Waals surface area contributed by atoms with Gasteiger partial charge in [0.15, 0.2) is 0 Å². The van der Waals surface area contributed by atoms with Crippen LogP contribution in [0.2, 0.25) is 0 Å². The molecule has 0 bridgehead atoms. The van der Waals surface area contributed by atoms with Crippen molar-refractivity contribution in [2.45, 2.75) is 23.8 Å². The van der Waals surface area contributed by atoms with Gasteiger partial charge in [-0.3, -0.25) is 0 Å². The fourth-order valence-electron chi connectivity index (χ4n) is 1.76. The largest absolute Gasteiger partial charge is 0.243 e. The summed E-state index contributed by atoms with van der Waals surface area (Å²) in [7, 11) is -3.72. The molecule has 1 aliphatic heterocycles. The molecule has 0 spiro atoms. The summed E-state index contributed by atoms with van der Waals surface area (Å²) in [4.78, 5) is -0.266. The Morgan fingerprint density at radius 1 is 1.24 bits per heavy atom. The summed E-state index contributed by atoms with van der Waals surface area (Å²) in [6, 6.07) is 5.38. The van der Waals surface area contributed by atoms with Crippen LogP contribution in [-0.4, -0.2) is 26.0 Å². The van der Waals surface area contributed by atoms with Crippen LogP contribution in [-0.2, 0) is 10.0 Å². The summed E-state index contributed by atoms with van der Waals surface area (Å²) in [5, 5.41) is 0. The zero-order valence-corrected chi connectivity index (χ0v) is 10.9. The van der Waals surface area contributed by atoms with E-state index < -0.39 is 15.8 Å². The predicted molar refractivity (Wildman–Crippen MR) is 67.1 cm³/mol. The lowest BCUT2D eigenvalue weighted by Crippen LogP contribution is -2.37. The zero-order chi connectivity index (χ0) is 12.3. The van der Waals surface area contributed by atoms with E-state index in [1.165, 1.54) is 18.2 Å². The monoisotopic (exact) mass is 275 g/mol. The number of hydrogen-bond acceptors (Lipinski definition) is 3. The molecule has 0 saturated carbocycles. The Morgan fingerprint density at radius 2 is 1.88 bits per heavy atom. The van der Waals surface area contributed by atoms with Crippen LogP contribution in [0, 0.1) is 5.82 Å². The number of halogens is 1. The maximum absolute atomic E-state index is 13.4. The Labute approximate surface area is 105 Å². The van der Waals surface area contributed by atoms with Gasteiger partial charge in [-0.15, -0.1) is 0 Å². The van der Waals surface area contributed by atoms with E-state index in [4.69, 9.17) is 0 Å². The third kappa shape index (κ3) is 3.20. The molecule has 1 fully saturated rings. The summed E-state index contributed by atoms with van der Waals surface area (Å²) in [6.07, 6.45) is 1.61. The smallest absolute Gasteiger partial charge is 0.208 e. The van der Waals surface area contributed by atoms with E-state index in [1.54, 1.807) is 0 Å². The van der Waals surface area contributed by atoms with Gasteiger partial charge in [-0.2, -0.15) is 11.8 Å². The maximum atomic E-state index is 13.4. The van der Waals surface area contributed by atoms with Gasteiger partial charge < -0.3 is 0 Å². The lowest BCUT2D eigenvalue weighted by atomic mass is 10.2. The molecule has 6 heteroatoms. The highest BCUT2D eigenvalue weighted by Crippen LogP contribution is 2.20. The van der Waals surface area contributed by atoms with Gasteiger partial charge in [0.2, 0.25) is 10.0 Å². The van der Waals surface area contributed by atoms with Gasteiger partial charge >= 0.3 is 0 Å². The SMILES string of the molecule is O=S(=O)(NC1CCSCC1)c1ccccc1F. The van der Waals surface area contributed by atoms with E-state index in [0.717, 1.165) is 30.4 Å². The van der Waals surface area contributed by atoms with Crippen molar-refractivity contribution in [3.05, 3.63) is 30.1 Å². The molecule has 3 nitrogen and oxygen atoms in total. The van der Waals surface area contributed by atoms with Gasteiger partial charge in [0.05, 0.1) is 0 Å². The standard InChI is InChI=1S/C11H14FNO2S2/c12-10-3-1-2-4-11(10)17(14,15)13-9-5-7-16-8-6-9/h1-4,9,13H,5-8H2. The first kappa shape index (κ1) is 12.9. The average Bonchev–Trinajstić information content (AvgIpc) is 2.30. The number of nitrogens with one attached hydrogen (secondary N) is 1. The fraction of sp³-hybridized carbons (Fsp3) is 0.455. The molecule has 94 valence electrons. The van der Waals surface area contributed by atoms with Crippen molar-refractivity contribution in [1.82, 2.24) is 4.72 Å². The fourth-order valence-corrected chi connectivity index (χ4v) is 4.25. The first-order valence-corrected chi connectivity index (χ1v) is 8.08. The van der Waals surface area contributed by atoms with Crippen LogP contribution in [0.1, 0.15) is 12.8 Å². The quantitative estimate of drug-likeness (QED) is 0.917. The third-order valence-corrected chi connectivity index (χ3v) is 5.27. The van der Waals surface area contributed by atoms with Crippen LogP contribution < -0.4 is 4.72 Å². The molecule has 1 saturated heterocycles. The Balaban J connectivity index is 2.16. The lowest BCUT2D eigenvalue weighted by Gasteiger charge is -2.22. The Morgan fingerprint density at radius 3 is 2.53 bits per heavy atom. The van der Waals surface area contributed by atoms with Crippen LogP contribution in [0.3, 0.4) is 0 Å². The van der Waals surface area contributed by atoms with Crippen LogP contribution in [0.15, 0.2) is 29.2 Å². The second-order valence-electron chi connectivity index (χ2n) is 3.94. The first-order chi connectivity index (χ1) is 8.09. The molecule has 0 atom stereocenters. The van der Waals surface area contributed by atoms with Crippen LogP contribution >= 0.6 is 11.8 Å². The van der Waals surface area contributed by atoms with Crippen molar-refractivity contribution in [1.29, 1.82) is 0 Å². The Kier molecular flexibility index (Phi) is 4.06. The number of rotatable bonds is 3. The van der Waals surface area contributed by atoms with E-state index in [9.17, 15) is 12.8 Å². The number of sulfonamides is 1. The van der Waals surface area contributed by atoms with Crippen molar-refractivity contribution in [2.24, 2.45) is 0 Å². The second-order valence-corrected chi connectivity index (χ2v) is 6.85. The maximum Gasteiger partial charge on any atom is 0.243 e. The molecular formula is C11H14FNO2S2. The normalized spacial score (nSPS) is 18.2. The number of hydrogen-bond donors (Lipinski definition) is 1. The summed E-state index contributed by atoms with van der Waals surface area (Å²) in [5.74, 6) is 1.19. The minimum Gasteiger partial charge on any atom is -0.208 e. The molecule has 0 aromatic heterocycles. The van der Waals surface area contributed by atoms with Crippen LogP contribution in [0.5, 0.6) is 0 Å². The number of thioether (sulfide) groups is 1. The van der Waals surface area contributed by atoms with Crippen LogP contribution in [0.4, 0.5) is 4.39 Å². The lowest BCUT2D eigenvalue weighted by molar-refractivity contribution is 0.519. The molecule has 1 heterocycles. The van der Waals surface area contributed by atoms with Gasteiger partial charge in [0.25, 0.3) is 0 Å². The minimum absolute atomic E-state index is 0.0687. The highest BCUT2D eigenvalue weighted by Gasteiger charge is 2.24. The highest BCUT2D eigenvalue weighted by atomic mass is 32.2. The minimum atomic E-state index is -3.72. The summed E-state index contributed by atoms with van der Waals surface area (Å²) in [5.41, 5.74) is 0. The zero-order valence-electron chi connectivity index (χ0n) is 9.23. The first-order valence-electron chi connectivity index (χ1n) is 5.44. The topological polar surface area (TPSA) is 46.2 Å². The van der Waals surface area contributed by atoms with E-state index in [2.05, 4.69) is 4.72 Å². The van der Waals surface area contributed by atoms with Gasteiger partial charge in [-0.1, -0.05) is 12.1 Å². The van der Waals surface area contributed by atoms with E-state index in [-0.39, 0.29) is 10.9 Å². The number of benzene rings is 1. The van der Waals surface area contributed by atoms with E-state index >= 15 is 0 Å². The molecule has 1 aromatic carbocycles. The Bertz CT molecular complexity index is 484. The van der Waals surface area contributed by atoms with E-state index in [1.807, 2.05) is 11.8 Å². The molecule has 0 aliphatic carbocycles. The second kappa shape index (κ2) is 5.37. The van der Waals surface area contributed by atoms with Gasteiger partial charge in [-0.05, 0) is 36.5 Å². The molecule has 0 radical (unpaired) electrons. The molecule has 1 aliphatic rings. The summed E-state index contributed by atoms with van der Waals surface area (Å²) < 4.78 is 39.9. The van der Waals surface area contributed by atoms with Gasteiger partial charge in [0, 0.05) is 6.04 Å². The van der Waals surface area contributed by atoms with Crippen molar-refractivity contribution < 1.29 is 12.8 Å². The average molecular weight is 275 g/mol. The molecule has 1 aromatic rings. The Hall–Kier alpha value is -0.590. The third-order valence-electron chi connectivity index (χ3n) is 2.67. The van der Waals surface area contributed by atoms with Crippen molar-refractivity contribution in [2.75, 3.05) is 11.5 Å². The summed E-state index contributed by atoms with van der Waals surface area (Å²) >= 11 is 1.81. The molecule has 0 unspecified atom stereocenters. The molecule has 17 heavy (non-hydrogen) atoms. The predicted octanol–water partition coefficient (Wildman–Crippen LogP) is 2.00. The van der Waals surface area contributed by atoms with Gasteiger partial charge in [-0.25, -0.2) is 17.5 Å². The van der Waals surface area contributed by atoms with Crippen LogP contribution in [0.25, 0.3) is 0 Å². The van der Waals surface area contributed by atoms with Crippen molar-refractivity contribution in [3.8, 4) is 0 Å². The molecule has 1 N–H and O–H groups in total. The molecular weight excluding hydrogens is 261 g/mol. The molecule has 0 amide bonds. The van der Waals surface area contributed by atoms with Crippen molar-refractivity contribution >= 4 is 21.8 Å².